The van der Waals surface area contributed by atoms with Crippen LogP contribution in [0.2, 0.25) is 0 Å². The first kappa shape index (κ1) is 15.4. The second kappa shape index (κ2) is 7.10. The Bertz CT molecular complexity index is 259. The number of carbonyl (C=O) groups is 1. The first-order chi connectivity index (χ1) is 8.50. The van der Waals surface area contributed by atoms with E-state index < -0.39 is 0 Å². The second-order valence-corrected chi connectivity index (χ2v) is 5.86. The molecule has 1 saturated carbocycles. The molecule has 0 radical (unpaired) electrons. The summed E-state index contributed by atoms with van der Waals surface area (Å²) in [6, 6.07) is 0.00387. The van der Waals surface area contributed by atoms with Crippen LogP contribution in [0.15, 0.2) is 0 Å². The molecule has 1 amide bonds. The van der Waals surface area contributed by atoms with Crippen LogP contribution in [-0.2, 0) is 4.79 Å². The summed E-state index contributed by atoms with van der Waals surface area (Å²) in [4.78, 5) is 12.4. The van der Waals surface area contributed by atoms with E-state index in [9.17, 15) is 9.90 Å². The third-order valence-electron chi connectivity index (χ3n) is 4.01. The lowest BCUT2D eigenvalue weighted by molar-refractivity contribution is -0.132. The molecule has 106 valence electrons. The molecule has 4 nitrogen and oxygen atoms in total. The minimum atomic E-state index is -0.386. The summed E-state index contributed by atoms with van der Waals surface area (Å²) in [5.41, 5.74) is 5.50. The summed E-state index contributed by atoms with van der Waals surface area (Å²) in [6.07, 6.45) is 6.60. The molecule has 0 aromatic rings. The van der Waals surface area contributed by atoms with Crippen molar-refractivity contribution in [2.24, 2.45) is 11.1 Å². The smallest absolute Gasteiger partial charge is 0.227 e. The van der Waals surface area contributed by atoms with Crippen molar-refractivity contribution in [3.63, 3.8) is 0 Å². The SMILES string of the molecule is CC(O)CC(C)NC(=O)C1(CN)CCCCCC1. The monoisotopic (exact) mass is 256 g/mol. The van der Waals surface area contributed by atoms with E-state index >= 15 is 0 Å². The van der Waals surface area contributed by atoms with E-state index in [1.165, 1.54) is 12.8 Å². The van der Waals surface area contributed by atoms with Crippen molar-refractivity contribution in [2.45, 2.75) is 70.9 Å². The van der Waals surface area contributed by atoms with Crippen LogP contribution in [0.1, 0.15) is 58.8 Å². The summed E-state index contributed by atoms with van der Waals surface area (Å²) in [5.74, 6) is 0.0834. The summed E-state index contributed by atoms with van der Waals surface area (Å²) in [7, 11) is 0. The van der Waals surface area contributed by atoms with E-state index in [4.69, 9.17) is 5.73 Å². The largest absolute Gasteiger partial charge is 0.393 e. The van der Waals surface area contributed by atoms with Crippen molar-refractivity contribution < 1.29 is 9.90 Å². The van der Waals surface area contributed by atoms with E-state index in [2.05, 4.69) is 5.32 Å². The number of nitrogens with two attached hydrogens (primary N) is 1. The molecule has 4 heteroatoms. The first-order valence-corrected chi connectivity index (χ1v) is 7.19. The minimum absolute atomic E-state index is 0.00387. The highest BCUT2D eigenvalue weighted by molar-refractivity contribution is 5.83. The number of nitrogens with one attached hydrogen (secondary N) is 1. The van der Waals surface area contributed by atoms with Gasteiger partial charge >= 0.3 is 0 Å². The van der Waals surface area contributed by atoms with Crippen LogP contribution in [0.5, 0.6) is 0 Å². The molecule has 0 heterocycles. The third kappa shape index (κ3) is 4.25. The minimum Gasteiger partial charge on any atom is -0.393 e. The van der Waals surface area contributed by atoms with E-state index in [0.29, 0.717) is 13.0 Å². The lowest BCUT2D eigenvalue weighted by atomic mass is 9.79. The molecule has 0 aliphatic heterocycles. The van der Waals surface area contributed by atoms with Gasteiger partial charge in [-0.15, -0.1) is 0 Å². The van der Waals surface area contributed by atoms with Gasteiger partial charge in [0.1, 0.15) is 0 Å². The summed E-state index contributed by atoms with van der Waals surface area (Å²) in [6.45, 7) is 4.11. The molecular formula is C14H28N2O2. The van der Waals surface area contributed by atoms with Gasteiger partial charge in [-0.2, -0.15) is 0 Å². The lowest BCUT2D eigenvalue weighted by Gasteiger charge is -2.31. The maximum atomic E-state index is 12.4. The zero-order chi connectivity index (χ0) is 13.6. The van der Waals surface area contributed by atoms with Gasteiger partial charge in [0.25, 0.3) is 0 Å². The van der Waals surface area contributed by atoms with Crippen molar-refractivity contribution in [1.29, 1.82) is 0 Å². The maximum absolute atomic E-state index is 12.4. The Kier molecular flexibility index (Phi) is 6.09. The quantitative estimate of drug-likeness (QED) is 0.653. The molecule has 2 unspecified atom stereocenters. The number of amides is 1. The van der Waals surface area contributed by atoms with Gasteiger partial charge in [-0.3, -0.25) is 4.79 Å². The molecule has 1 aliphatic rings. The Labute approximate surface area is 110 Å². The van der Waals surface area contributed by atoms with Crippen LogP contribution in [0.4, 0.5) is 0 Å². The van der Waals surface area contributed by atoms with Crippen molar-refractivity contribution in [1.82, 2.24) is 5.32 Å². The molecular weight excluding hydrogens is 228 g/mol. The zero-order valence-electron chi connectivity index (χ0n) is 11.7. The molecule has 2 atom stereocenters. The Hall–Kier alpha value is -0.610. The van der Waals surface area contributed by atoms with Crippen LogP contribution < -0.4 is 11.1 Å². The van der Waals surface area contributed by atoms with E-state index in [-0.39, 0.29) is 23.5 Å². The van der Waals surface area contributed by atoms with Gasteiger partial charge in [-0.1, -0.05) is 25.7 Å². The van der Waals surface area contributed by atoms with Gasteiger partial charge in [0.05, 0.1) is 11.5 Å². The average molecular weight is 256 g/mol. The predicted octanol–water partition coefficient (Wildman–Crippen LogP) is 1.56. The molecule has 0 aromatic heterocycles. The van der Waals surface area contributed by atoms with Crippen molar-refractivity contribution >= 4 is 5.91 Å². The van der Waals surface area contributed by atoms with Crippen molar-refractivity contribution in [3.8, 4) is 0 Å². The average Bonchev–Trinajstić information content (AvgIpc) is 2.53. The van der Waals surface area contributed by atoms with Crippen LogP contribution in [0, 0.1) is 5.41 Å². The lowest BCUT2D eigenvalue weighted by Crippen LogP contribution is -2.49. The van der Waals surface area contributed by atoms with Crippen molar-refractivity contribution in [3.05, 3.63) is 0 Å². The standard InChI is InChI=1S/C14H28N2O2/c1-11(9-12(2)17)16-13(18)14(10-15)7-5-3-4-6-8-14/h11-12,17H,3-10,15H2,1-2H3,(H,16,18). The fourth-order valence-corrected chi connectivity index (χ4v) is 2.88. The summed E-state index contributed by atoms with van der Waals surface area (Å²) in [5, 5.41) is 12.4. The third-order valence-corrected chi connectivity index (χ3v) is 4.01. The van der Waals surface area contributed by atoms with Gasteiger partial charge in [0.15, 0.2) is 0 Å². The number of hydrogen-bond acceptors (Lipinski definition) is 3. The van der Waals surface area contributed by atoms with E-state index in [1.54, 1.807) is 6.92 Å². The van der Waals surface area contributed by atoms with Crippen LogP contribution in [0.25, 0.3) is 0 Å². The highest BCUT2D eigenvalue weighted by Gasteiger charge is 2.37. The predicted molar refractivity (Wildman–Crippen MR) is 73.1 cm³/mol. The first-order valence-electron chi connectivity index (χ1n) is 7.19. The van der Waals surface area contributed by atoms with Gasteiger partial charge in [0, 0.05) is 12.6 Å². The molecule has 1 aliphatic carbocycles. The Morgan fingerprint density at radius 2 is 1.83 bits per heavy atom. The molecule has 0 aromatic carbocycles. The molecule has 4 N–H and O–H groups in total. The highest BCUT2D eigenvalue weighted by Crippen LogP contribution is 2.34. The zero-order valence-corrected chi connectivity index (χ0v) is 11.7. The number of hydrogen-bond donors (Lipinski definition) is 3. The fourth-order valence-electron chi connectivity index (χ4n) is 2.88. The van der Waals surface area contributed by atoms with Gasteiger partial charge in [0.2, 0.25) is 5.91 Å². The molecule has 0 bridgehead atoms. The molecule has 0 spiro atoms. The highest BCUT2D eigenvalue weighted by atomic mass is 16.3. The van der Waals surface area contributed by atoms with Crippen LogP contribution in [0.3, 0.4) is 0 Å². The Balaban J connectivity index is 2.60. The van der Waals surface area contributed by atoms with Gasteiger partial charge in [-0.25, -0.2) is 0 Å². The van der Waals surface area contributed by atoms with Crippen molar-refractivity contribution in [2.75, 3.05) is 6.54 Å². The number of aliphatic hydroxyl groups excluding tert-OH is 1. The summed E-state index contributed by atoms with van der Waals surface area (Å²) < 4.78 is 0. The normalized spacial score (nSPS) is 22.9. The van der Waals surface area contributed by atoms with Crippen LogP contribution >= 0.6 is 0 Å². The van der Waals surface area contributed by atoms with E-state index in [0.717, 1.165) is 25.7 Å². The van der Waals surface area contributed by atoms with Crippen LogP contribution in [-0.4, -0.2) is 29.7 Å². The molecule has 0 saturated heterocycles. The number of rotatable bonds is 5. The molecule has 1 rings (SSSR count). The van der Waals surface area contributed by atoms with Gasteiger partial charge < -0.3 is 16.2 Å². The maximum Gasteiger partial charge on any atom is 0.227 e. The van der Waals surface area contributed by atoms with Gasteiger partial charge in [-0.05, 0) is 33.1 Å². The fraction of sp³-hybridized carbons (Fsp3) is 0.929. The number of carbonyl (C=O) groups excluding carboxylic acids is 1. The molecule has 1 fully saturated rings. The Morgan fingerprint density at radius 1 is 1.28 bits per heavy atom. The van der Waals surface area contributed by atoms with E-state index in [1.807, 2.05) is 6.92 Å². The second-order valence-electron chi connectivity index (χ2n) is 5.86. The molecule has 18 heavy (non-hydrogen) atoms. The topological polar surface area (TPSA) is 75.3 Å². The Morgan fingerprint density at radius 3 is 2.28 bits per heavy atom. The summed E-state index contributed by atoms with van der Waals surface area (Å²) >= 11 is 0. The number of aliphatic hydroxyl groups is 1.